The Labute approximate surface area is 394 Å². The van der Waals surface area contributed by atoms with Crippen molar-refractivity contribution < 1.29 is 63.2 Å². The molecule has 3 aromatic carbocycles. The number of hydrogen-bond donors (Lipinski definition) is 5. The average Bonchev–Trinajstić information content (AvgIpc) is 3.59. The highest BCUT2D eigenvalue weighted by Gasteiger charge is 2.26. The number of benzene rings is 3. The Morgan fingerprint density at radius 3 is 1.71 bits per heavy atom. The quantitative estimate of drug-likeness (QED) is 0.0151. The van der Waals surface area contributed by atoms with Crippen LogP contribution in [0.5, 0.6) is 17.4 Å². The van der Waals surface area contributed by atoms with Gasteiger partial charge < -0.3 is 20.3 Å². The number of nitrogens with zero attached hydrogens (tertiary/aromatic N) is 9. The monoisotopic (exact) mass is 1010 g/mol. The number of carbonyl (C=O) groups excluding carboxylic acids is 1. The highest BCUT2D eigenvalue weighted by Crippen LogP contribution is 2.43. The maximum atomic E-state index is 12.8. The van der Waals surface area contributed by atoms with Gasteiger partial charge in [-0.15, -0.1) is 20.5 Å². The van der Waals surface area contributed by atoms with Gasteiger partial charge in [-0.25, -0.2) is 4.98 Å². The number of aromatic hydroxyl groups is 1. The molecule has 0 spiro atoms. The minimum Gasteiger partial charge on any atom is -0.493 e. The van der Waals surface area contributed by atoms with Crippen LogP contribution in [0.2, 0.25) is 0 Å². The fourth-order valence-corrected chi connectivity index (χ4v) is 8.01. The van der Waals surface area contributed by atoms with Crippen LogP contribution in [0.1, 0.15) is 65.1 Å². The first-order valence-electron chi connectivity index (χ1n) is 20.1. The van der Waals surface area contributed by atoms with Gasteiger partial charge in [0, 0.05) is 24.3 Å². The molecule has 2 heterocycles. The van der Waals surface area contributed by atoms with E-state index in [1.165, 1.54) is 35.6 Å². The number of primary amides is 1. The minimum absolute atomic E-state index is 0.0290. The Bertz CT molecular complexity index is 3350. The number of nitro benzene ring substituents is 1. The smallest absolute Gasteiger partial charge is 0.297 e. The van der Waals surface area contributed by atoms with Gasteiger partial charge in [-0.1, -0.05) is 12.2 Å². The van der Waals surface area contributed by atoms with Crippen LogP contribution >= 0.6 is 0 Å². The van der Waals surface area contributed by atoms with Crippen LogP contribution in [0.3, 0.4) is 0 Å². The number of nitro groups is 1. The molecule has 28 heteroatoms. The van der Waals surface area contributed by atoms with E-state index in [1.54, 1.807) is 52.0 Å². The van der Waals surface area contributed by atoms with Crippen molar-refractivity contribution in [2.45, 2.75) is 52.4 Å². The number of pyridine rings is 1. The molecule has 2 aromatic heterocycles. The zero-order chi connectivity index (χ0) is 51.0. The molecule has 5 aromatic rings. The topological polar surface area (TPSA) is 379 Å². The fourth-order valence-electron chi connectivity index (χ4n) is 6.40. The van der Waals surface area contributed by atoms with E-state index >= 15 is 0 Å². The van der Waals surface area contributed by atoms with Crippen LogP contribution in [0.15, 0.2) is 90.2 Å². The first-order chi connectivity index (χ1) is 32.3. The molecule has 0 atom stereocenters. The fraction of sp³-hybridized carbons (Fsp3) is 0.268. The molecule has 366 valence electrons. The molecule has 0 unspecified atom stereocenters. The maximum absolute atomic E-state index is 12.8. The zero-order valence-electron chi connectivity index (χ0n) is 37.2. The molecule has 5 rings (SSSR count). The second kappa shape index (κ2) is 21.7. The van der Waals surface area contributed by atoms with Gasteiger partial charge in [0.2, 0.25) is 5.88 Å². The van der Waals surface area contributed by atoms with E-state index in [0.29, 0.717) is 28.6 Å². The molecule has 25 nitrogen and oxygen atoms in total. The summed E-state index contributed by atoms with van der Waals surface area (Å²) in [5.74, 6) is -2.68. The van der Waals surface area contributed by atoms with Gasteiger partial charge >= 0.3 is 0 Å². The Morgan fingerprint density at radius 1 is 0.754 bits per heavy atom. The number of carbonyl (C=O) groups is 1. The molecule has 0 fully saturated rings. The van der Waals surface area contributed by atoms with Crippen LogP contribution < -0.4 is 15.2 Å². The molecular weight excluding hydrogens is 969 g/mol. The predicted octanol–water partition coefficient (Wildman–Crippen LogP) is 8.84. The number of ether oxygens (including phenoxy) is 2. The van der Waals surface area contributed by atoms with Gasteiger partial charge in [-0.2, -0.15) is 35.5 Å². The number of nitrogens with two attached hydrogens (primary N) is 1. The van der Waals surface area contributed by atoms with Crippen LogP contribution in [-0.4, -0.2) is 89.0 Å². The third kappa shape index (κ3) is 13.4. The predicted molar refractivity (Wildman–Crippen MR) is 250 cm³/mol. The summed E-state index contributed by atoms with van der Waals surface area (Å²) in [5, 5.41) is 48.1. The van der Waals surface area contributed by atoms with E-state index < -0.39 is 74.8 Å². The summed E-state index contributed by atoms with van der Waals surface area (Å²) in [7, 11) is -13.7. The molecular formula is C41H44N10O15S3. The maximum Gasteiger partial charge on any atom is 0.297 e. The van der Waals surface area contributed by atoms with Crippen molar-refractivity contribution in [1.29, 1.82) is 0 Å². The Balaban J connectivity index is 1.61. The number of amides is 1. The van der Waals surface area contributed by atoms with Gasteiger partial charge in [0.1, 0.15) is 39.1 Å². The highest BCUT2D eigenvalue weighted by atomic mass is 32.2. The third-order valence-electron chi connectivity index (χ3n) is 9.60. The van der Waals surface area contributed by atoms with Crippen LogP contribution in [0.25, 0.3) is 17.8 Å². The normalized spacial score (nSPS) is 12.8. The number of aromatic nitrogens is 2. The van der Waals surface area contributed by atoms with Gasteiger partial charge in [0.25, 0.3) is 41.9 Å². The minimum atomic E-state index is -5.00. The first-order valence-corrected chi connectivity index (χ1v) is 24.8. The molecule has 0 saturated heterocycles. The summed E-state index contributed by atoms with van der Waals surface area (Å²) in [4.78, 5) is 26.8. The average molecular weight is 1010 g/mol. The van der Waals surface area contributed by atoms with E-state index in [9.17, 15) is 58.9 Å². The molecule has 1 amide bonds. The lowest BCUT2D eigenvalue weighted by Gasteiger charge is -2.13. The second-order valence-electron chi connectivity index (χ2n) is 14.8. The summed E-state index contributed by atoms with van der Waals surface area (Å²) in [6, 6.07) is 8.10. The van der Waals surface area contributed by atoms with Crippen molar-refractivity contribution in [2.75, 3.05) is 24.7 Å². The van der Waals surface area contributed by atoms with Crippen molar-refractivity contribution in [1.82, 2.24) is 9.38 Å². The number of hydrogen-bond acceptors (Lipinski definition) is 19. The number of allylic oxidation sites excluding steroid dienone is 2. The molecule has 0 radical (unpaired) electrons. The van der Waals surface area contributed by atoms with Crippen molar-refractivity contribution >= 4 is 93.9 Å². The van der Waals surface area contributed by atoms with E-state index in [-0.39, 0.29) is 82.8 Å². The summed E-state index contributed by atoms with van der Waals surface area (Å²) in [6.45, 7) is 7.64. The molecule has 0 aliphatic carbocycles. The lowest BCUT2D eigenvalue weighted by Crippen LogP contribution is -2.15. The van der Waals surface area contributed by atoms with E-state index in [1.807, 2.05) is 0 Å². The van der Waals surface area contributed by atoms with Gasteiger partial charge in [0.05, 0.1) is 58.0 Å². The highest BCUT2D eigenvalue weighted by molar-refractivity contribution is 7.86. The van der Waals surface area contributed by atoms with Crippen LogP contribution in [0.4, 0.5) is 39.8 Å². The van der Waals surface area contributed by atoms with Crippen LogP contribution in [-0.2, 0) is 30.4 Å². The van der Waals surface area contributed by atoms with E-state index in [4.69, 9.17) is 15.2 Å². The Morgan fingerprint density at radius 2 is 1.25 bits per heavy atom. The Hall–Kier alpha value is -7.37. The second-order valence-corrected chi connectivity index (χ2v) is 19.3. The number of imidazole rings is 1. The molecule has 0 aliphatic rings. The molecule has 0 bridgehead atoms. The van der Waals surface area contributed by atoms with Gasteiger partial charge in [-0.3, -0.25) is 33.0 Å². The Kier molecular flexibility index (Phi) is 16.6. The summed E-state index contributed by atoms with van der Waals surface area (Å²) in [6.07, 6.45) is 6.43. The molecule has 6 N–H and O–H groups in total. The number of rotatable bonds is 21. The molecule has 0 saturated carbocycles. The number of aryl methyl sites for hydroxylation is 2. The number of fused-ring (bicyclic) bond motifs is 1. The summed E-state index contributed by atoms with van der Waals surface area (Å²) in [5.41, 5.74) is 6.57. The van der Waals surface area contributed by atoms with Crippen molar-refractivity contribution in [2.24, 2.45) is 36.4 Å². The first kappa shape index (κ1) is 52.6. The number of azo groups is 3. The molecule has 69 heavy (non-hydrogen) atoms. The largest absolute Gasteiger partial charge is 0.493 e. The number of non-ortho nitro benzene ring substituents is 1. The summed E-state index contributed by atoms with van der Waals surface area (Å²) >= 11 is 0. The van der Waals surface area contributed by atoms with Crippen molar-refractivity contribution in [3.8, 4) is 17.4 Å². The van der Waals surface area contributed by atoms with Crippen molar-refractivity contribution in [3.05, 3.63) is 98.4 Å². The lowest BCUT2D eigenvalue weighted by atomic mass is 10.1. The van der Waals surface area contributed by atoms with Crippen molar-refractivity contribution in [3.63, 3.8) is 0 Å². The van der Waals surface area contributed by atoms with Gasteiger partial charge in [0.15, 0.2) is 5.65 Å². The third-order valence-corrected chi connectivity index (χ3v) is 12.1. The standard InChI is InChI=1S/C41H44N10O15S3/c1-6-10-27-33(11-7-2)50-40(43-27)37(39(42)52)25(5)38(41(50)53)49-48-32-19-24(4)30(22-35(32)66-15-9-17-68(59,60)61)46-47-31-18-23(3)29(21-34(31)65-14-8-16-67(56,57)58)45-44-28-13-12-26(51(54)55)20-36(28)69(62,63)64/h6-7,10-13,18-22,53H,8-9,14-17H2,1-5H3,(H2,42,52)(H,56,57,58)(H,59,60,61)(H,62,63,64)/b10-6-,11-7-,45-44?,47-46?,49-48?. The molecule has 0 aliphatic heterocycles. The lowest BCUT2D eigenvalue weighted by molar-refractivity contribution is -0.385. The van der Waals surface area contributed by atoms with E-state index in [2.05, 4.69) is 35.7 Å². The zero-order valence-corrected chi connectivity index (χ0v) is 39.6. The SMILES string of the molecule is C/C=C\c1nc2c(C(N)=O)c(C)c(N=Nc3cc(C)c(N=Nc4cc(C)c(N=Nc5ccc([N+](=O)[O-])cc5S(=O)(=O)O)cc4OCCCS(=O)(=O)O)cc3OCCCS(=O)(=O)O)c(O)n2c1/C=C\C. The van der Waals surface area contributed by atoms with Crippen LogP contribution in [0, 0.1) is 30.9 Å². The van der Waals surface area contributed by atoms with Gasteiger partial charge in [-0.05, 0) is 94.5 Å². The summed E-state index contributed by atoms with van der Waals surface area (Å²) < 4.78 is 111. The van der Waals surface area contributed by atoms with E-state index in [0.717, 1.165) is 12.1 Å².